The van der Waals surface area contributed by atoms with Gasteiger partial charge in [0.15, 0.2) is 0 Å². The van der Waals surface area contributed by atoms with Crippen LogP contribution in [0.15, 0.2) is 36.7 Å². The van der Waals surface area contributed by atoms with Gasteiger partial charge in [-0.1, -0.05) is 30.3 Å². The summed E-state index contributed by atoms with van der Waals surface area (Å²) in [4.78, 5) is 3.83. The molecule has 0 aliphatic heterocycles. The smallest absolute Gasteiger partial charge is 0.239 e. The van der Waals surface area contributed by atoms with Crippen LogP contribution in [0, 0.1) is 0 Å². The summed E-state index contributed by atoms with van der Waals surface area (Å²) >= 11 is 0. The quantitative estimate of drug-likeness (QED) is 0.762. The molecule has 2 rings (SSSR count). The Labute approximate surface area is 93.9 Å². The molecule has 2 N–H and O–H groups in total. The van der Waals surface area contributed by atoms with E-state index in [2.05, 4.69) is 10.1 Å². The van der Waals surface area contributed by atoms with E-state index in [9.17, 15) is 0 Å². The van der Waals surface area contributed by atoms with Crippen LogP contribution in [0.1, 0.15) is 5.56 Å². The standard InChI is InChI=1S/C11H14N4O/c12-11-13-9-15(14-11)6-7-16-8-10-4-2-1-3-5-10/h1-5,9H,6-8H2,(H2,12,14). The molecule has 0 aliphatic carbocycles. The zero-order valence-electron chi connectivity index (χ0n) is 8.91. The number of nitrogens with zero attached hydrogens (tertiary/aromatic N) is 3. The Kier molecular flexibility index (Phi) is 3.50. The van der Waals surface area contributed by atoms with Crippen molar-refractivity contribution >= 4 is 5.95 Å². The van der Waals surface area contributed by atoms with Gasteiger partial charge in [0.05, 0.1) is 19.8 Å². The van der Waals surface area contributed by atoms with E-state index in [0.29, 0.717) is 25.7 Å². The topological polar surface area (TPSA) is 66.0 Å². The molecule has 0 aliphatic rings. The Hall–Kier alpha value is -1.88. The molecule has 0 fully saturated rings. The minimum absolute atomic E-state index is 0.294. The third-order valence-electron chi connectivity index (χ3n) is 2.13. The van der Waals surface area contributed by atoms with Crippen molar-refractivity contribution in [3.63, 3.8) is 0 Å². The van der Waals surface area contributed by atoms with Crippen LogP contribution in [0.4, 0.5) is 5.95 Å². The minimum Gasteiger partial charge on any atom is -0.375 e. The summed E-state index contributed by atoms with van der Waals surface area (Å²) in [7, 11) is 0. The van der Waals surface area contributed by atoms with Crippen LogP contribution in [0.3, 0.4) is 0 Å². The fraction of sp³-hybridized carbons (Fsp3) is 0.273. The maximum Gasteiger partial charge on any atom is 0.239 e. The molecule has 5 nitrogen and oxygen atoms in total. The molecule has 0 bridgehead atoms. The summed E-state index contributed by atoms with van der Waals surface area (Å²) in [5, 5.41) is 3.96. The average molecular weight is 218 g/mol. The minimum atomic E-state index is 0.294. The highest BCUT2D eigenvalue weighted by Crippen LogP contribution is 2.00. The Morgan fingerprint density at radius 3 is 2.75 bits per heavy atom. The number of benzene rings is 1. The van der Waals surface area contributed by atoms with E-state index in [1.807, 2.05) is 30.3 Å². The Morgan fingerprint density at radius 2 is 2.06 bits per heavy atom. The van der Waals surface area contributed by atoms with Gasteiger partial charge < -0.3 is 10.5 Å². The SMILES string of the molecule is Nc1ncn(CCOCc2ccccc2)n1. The van der Waals surface area contributed by atoms with Crippen molar-refractivity contribution < 1.29 is 4.74 Å². The third kappa shape index (κ3) is 3.06. The second kappa shape index (κ2) is 5.27. The first-order valence-electron chi connectivity index (χ1n) is 5.11. The molecule has 0 saturated heterocycles. The first kappa shape index (κ1) is 10.6. The lowest BCUT2D eigenvalue weighted by molar-refractivity contribution is 0.111. The molecule has 0 amide bonds. The molecule has 1 aromatic carbocycles. The number of hydrogen-bond acceptors (Lipinski definition) is 4. The molecule has 0 unspecified atom stereocenters. The van der Waals surface area contributed by atoms with E-state index in [-0.39, 0.29) is 0 Å². The lowest BCUT2D eigenvalue weighted by atomic mass is 10.2. The summed E-state index contributed by atoms with van der Waals surface area (Å²) in [5.74, 6) is 0.294. The van der Waals surface area contributed by atoms with Crippen LogP contribution in [-0.4, -0.2) is 21.4 Å². The molecule has 1 heterocycles. The Balaban J connectivity index is 1.69. The van der Waals surface area contributed by atoms with Gasteiger partial charge in [-0.2, -0.15) is 0 Å². The fourth-order valence-corrected chi connectivity index (χ4v) is 1.34. The van der Waals surface area contributed by atoms with Crippen molar-refractivity contribution in [2.24, 2.45) is 0 Å². The second-order valence-electron chi connectivity index (χ2n) is 3.40. The first-order chi connectivity index (χ1) is 7.84. The predicted molar refractivity (Wildman–Crippen MR) is 60.5 cm³/mol. The number of rotatable bonds is 5. The van der Waals surface area contributed by atoms with Crippen molar-refractivity contribution in [1.29, 1.82) is 0 Å². The van der Waals surface area contributed by atoms with Gasteiger partial charge in [0.1, 0.15) is 6.33 Å². The van der Waals surface area contributed by atoms with Gasteiger partial charge in [-0.3, -0.25) is 0 Å². The van der Waals surface area contributed by atoms with E-state index in [1.54, 1.807) is 11.0 Å². The number of aromatic nitrogens is 3. The monoisotopic (exact) mass is 218 g/mol. The largest absolute Gasteiger partial charge is 0.375 e. The summed E-state index contributed by atoms with van der Waals surface area (Å²) in [6.45, 7) is 1.87. The van der Waals surface area contributed by atoms with E-state index < -0.39 is 0 Å². The van der Waals surface area contributed by atoms with Crippen molar-refractivity contribution in [2.75, 3.05) is 12.3 Å². The van der Waals surface area contributed by atoms with Gasteiger partial charge in [-0.15, -0.1) is 5.10 Å². The number of nitrogens with two attached hydrogens (primary N) is 1. The van der Waals surface area contributed by atoms with E-state index in [1.165, 1.54) is 5.56 Å². The number of ether oxygens (including phenoxy) is 1. The lowest BCUT2D eigenvalue weighted by Gasteiger charge is -2.03. The van der Waals surface area contributed by atoms with E-state index in [4.69, 9.17) is 10.5 Å². The fourth-order valence-electron chi connectivity index (χ4n) is 1.34. The van der Waals surface area contributed by atoms with Crippen molar-refractivity contribution in [3.05, 3.63) is 42.2 Å². The summed E-state index contributed by atoms with van der Waals surface area (Å²) in [5.41, 5.74) is 6.56. The van der Waals surface area contributed by atoms with Crippen LogP contribution < -0.4 is 5.73 Å². The van der Waals surface area contributed by atoms with Crippen molar-refractivity contribution in [3.8, 4) is 0 Å². The number of anilines is 1. The van der Waals surface area contributed by atoms with Crippen LogP contribution in [0.2, 0.25) is 0 Å². The molecule has 0 radical (unpaired) electrons. The molecule has 0 spiro atoms. The first-order valence-corrected chi connectivity index (χ1v) is 5.11. The van der Waals surface area contributed by atoms with Crippen molar-refractivity contribution in [2.45, 2.75) is 13.2 Å². The van der Waals surface area contributed by atoms with Gasteiger partial charge in [0.2, 0.25) is 5.95 Å². The average Bonchev–Trinajstić information content (AvgIpc) is 2.72. The van der Waals surface area contributed by atoms with Crippen LogP contribution in [-0.2, 0) is 17.9 Å². The molecule has 2 aromatic rings. The lowest BCUT2D eigenvalue weighted by Crippen LogP contribution is -2.06. The normalized spacial score (nSPS) is 10.5. The predicted octanol–water partition coefficient (Wildman–Crippen LogP) is 1.08. The zero-order chi connectivity index (χ0) is 11.2. The summed E-state index contributed by atoms with van der Waals surface area (Å²) in [6.07, 6.45) is 1.60. The highest BCUT2D eigenvalue weighted by molar-refractivity contribution is 5.13. The molecule has 0 atom stereocenters. The van der Waals surface area contributed by atoms with Gasteiger partial charge in [0.25, 0.3) is 0 Å². The van der Waals surface area contributed by atoms with E-state index in [0.717, 1.165) is 0 Å². The van der Waals surface area contributed by atoms with Gasteiger partial charge in [0, 0.05) is 0 Å². The molecular formula is C11H14N4O. The van der Waals surface area contributed by atoms with E-state index >= 15 is 0 Å². The highest BCUT2D eigenvalue weighted by atomic mass is 16.5. The Morgan fingerprint density at radius 1 is 1.25 bits per heavy atom. The molecule has 0 saturated carbocycles. The van der Waals surface area contributed by atoms with Gasteiger partial charge in [-0.05, 0) is 5.56 Å². The van der Waals surface area contributed by atoms with Crippen LogP contribution >= 0.6 is 0 Å². The molecular weight excluding hydrogens is 204 g/mol. The second-order valence-corrected chi connectivity index (χ2v) is 3.40. The van der Waals surface area contributed by atoms with Crippen LogP contribution in [0.25, 0.3) is 0 Å². The van der Waals surface area contributed by atoms with Gasteiger partial charge in [-0.25, -0.2) is 9.67 Å². The Bertz CT molecular complexity index is 427. The summed E-state index contributed by atoms with van der Waals surface area (Å²) in [6, 6.07) is 10.1. The molecule has 16 heavy (non-hydrogen) atoms. The van der Waals surface area contributed by atoms with Crippen molar-refractivity contribution in [1.82, 2.24) is 14.8 Å². The zero-order valence-corrected chi connectivity index (χ0v) is 8.91. The molecule has 84 valence electrons. The number of hydrogen-bond donors (Lipinski definition) is 1. The third-order valence-corrected chi connectivity index (χ3v) is 2.13. The number of nitrogen functional groups attached to an aromatic ring is 1. The highest BCUT2D eigenvalue weighted by Gasteiger charge is 1.96. The maximum absolute atomic E-state index is 5.50. The molecule has 5 heteroatoms. The maximum atomic E-state index is 5.50. The van der Waals surface area contributed by atoms with Gasteiger partial charge >= 0.3 is 0 Å². The van der Waals surface area contributed by atoms with Crippen LogP contribution in [0.5, 0.6) is 0 Å². The molecule has 1 aromatic heterocycles. The summed E-state index contributed by atoms with van der Waals surface area (Å²) < 4.78 is 7.17.